The van der Waals surface area contributed by atoms with Crippen molar-refractivity contribution in [2.24, 2.45) is 0 Å². The molecule has 0 aromatic rings. The number of carbonyl (C=O) groups is 1. The second-order valence-corrected chi connectivity index (χ2v) is 3.18. The van der Waals surface area contributed by atoms with Crippen LogP contribution in [0.15, 0.2) is 0 Å². The van der Waals surface area contributed by atoms with Crippen LogP contribution in [-0.2, 0) is 4.79 Å². The minimum absolute atomic E-state index is 0.131. The van der Waals surface area contributed by atoms with Crippen LogP contribution in [0, 0.1) is 0 Å². The van der Waals surface area contributed by atoms with Gasteiger partial charge < -0.3 is 10.4 Å². The van der Waals surface area contributed by atoms with E-state index in [4.69, 9.17) is 5.11 Å². The molecule has 0 aliphatic carbocycles. The molecule has 13 heavy (non-hydrogen) atoms. The second kappa shape index (κ2) is 5.11. The van der Waals surface area contributed by atoms with Gasteiger partial charge in [0.05, 0.1) is 0 Å². The van der Waals surface area contributed by atoms with Crippen molar-refractivity contribution in [3.8, 4) is 0 Å². The molecule has 0 bridgehead atoms. The molecule has 0 saturated carbocycles. The van der Waals surface area contributed by atoms with Gasteiger partial charge in [0, 0.05) is 12.1 Å². The zero-order valence-electron chi connectivity index (χ0n) is 7.81. The van der Waals surface area contributed by atoms with Crippen LogP contribution in [0.5, 0.6) is 0 Å². The number of alkyl halides is 2. The van der Waals surface area contributed by atoms with E-state index in [0.717, 1.165) is 0 Å². The molecular formula is C8H15F2NO2. The van der Waals surface area contributed by atoms with Crippen LogP contribution < -0.4 is 5.32 Å². The Morgan fingerprint density at radius 1 is 1.62 bits per heavy atom. The van der Waals surface area contributed by atoms with Crippen molar-refractivity contribution >= 4 is 5.91 Å². The molecule has 0 heterocycles. The van der Waals surface area contributed by atoms with E-state index in [1.807, 2.05) is 0 Å². The highest BCUT2D eigenvalue weighted by Gasteiger charge is 2.27. The van der Waals surface area contributed by atoms with Crippen molar-refractivity contribution in [2.45, 2.75) is 38.7 Å². The largest absolute Gasteiger partial charge is 0.396 e. The molecule has 0 aliphatic heterocycles. The summed E-state index contributed by atoms with van der Waals surface area (Å²) >= 11 is 0. The maximum absolute atomic E-state index is 11.9. The van der Waals surface area contributed by atoms with Crippen molar-refractivity contribution in [1.29, 1.82) is 0 Å². The Labute approximate surface area is 76.1 Å². The van der Waals surface area contributed by atoms with Gasteiger partial charge in [-0.2, -0.15) is 8.78 Å². The van der Waals surface area contributed by atoms with Gasteiger partial charge in [-0.1, -0.05) is 6.92 Å². The summed E-state index contributed by atoms with van der Waals surface area (Å²) in [5, 5.41) is 10.8. The van der Waals surface area contributed by atoms with E-state index in [1.165, 1.54) is 0 Å². The molecule has 0 fully saturated rings. The molecule has 0 rings (SSSR count). The van der Waals surface area contributed by atoms with Gasteiger partial charge in [-0.3, -0.25) is 4.79 Å². The topological polar surface area (TPSA) is 49.3 Å². The van der Waals surface area contributed by atoms with Gasteiger partial charge in [0.2, 0.25) is 0 Å². The number of aliphatic hydroxyl groups is 1. The summed E-state index contributed by atoms with van der Waals surface area (Å²) in [6, 6.07) is 0. The van der Waals surface area contributed by atoms with Crippen molar-refractivity contribution in [3.63, 3.8) is 0 Å². The summed E-state index contributed by atoms with van der Waals surface area (Å²) in [5.74, 6) is -1.28. The van der Waals surface area contributed by atoms with Gasteiger partial charge >= 0.3 is 6.43 Å². The molecule has 1 amide bonds. The zero-order chi connectivity index (χ0) is 10.5. The molecule has 0 saturated heterocycles. The zero-order valence-corrected chi connectivity index (χ0v) is 7.81. The summed E-state index contributed by atoms with van der Waals surface area (Å²) in [6.45, 7) is 3.26. The quantitative estimate of drug-likeness (QED) is 0.685. The smallest absolute Gasteiger partial charge is 0.315 e. The SMILES string of the molecule is CCC(C)(CCO)NC(=O)C(F)F. The van der Waals surface area contributed by atoms with E-state index in [2.05, 4.69) is 5.32 Å². The van der Waals surface area contributed by atoms with Crippen LogP contribution in [0.3, 0.4) is 0 Å². The van der Waals surface area contributed by atoms with E-state index >= 15 is 0 Å². The lowest BCUT2D eigenvalue weighted by molar-refractivity contribution is -0.133. The lowest BCUT2D eigenvalue weighted by Crippen LogP contribution is -2.48. The summed E-state index contributed by atoms with van der Waals surface area (Å²) < 4.78 is 23.7. The number of nitrogens with one attached hydrogen (secondary N) is 1. The molecule has 0 aromatic heterocycles. The van der Waals surface area contributed by atoms with Gasteiger partial charge in [0.15, 0.2) is 0 Å². The Morgan fingerprint density at radius 2 is 2.15 bits per heavy atom. The second-order valence-electron chi connectivity index (χ2n) is 3.18. The molecular weight excluding hydrogens is 180 g/mol. The Morgan fingerprint density at radius 3 is 2.46 bits per heavy atom. The number of hydrogen-bond donors (Lipinski definition) is 2. The fraction of sp³-hybridized carbons (Fsp3) is 0.875. The van der Waals surface area contributed by atoms with Gasteiger partial charge in [0.1, 0.15) is 0 Å². The average Bonchev–Trinajstić information content (AvgIpc) is 2.04. The first-order valence-electron chi connectivity index (χ1n) is 4.16. The maximum atomic E-state index is 11.9. The average molecular weight is 195 g/mol. The standard InChI is InChI=1S/C8H15F2NO2/c1-3-8(2,4-5-12)11-7(13)6(9)10/h6,12H,3-5H2,1-2H3,(H,11,13). The molecule has 1 atom stereocenters. The first-order valence-corrected chi connectivity index (χ1v) is 4.16. The van der Waals surface area contributed by atoms with Crippen molar-refractivity contribution < 1.29 is 18.7 Å². The summed E-state index contributed by atoms with van der Waals surface area (Å²) in [5.41, 5.74) is -0.734. The monoisotopic (exact) mass is 195 g/mol. The Hall–Kier alpha value is -0.710. The van der Waals surface area contributed by atoms with Crippen LogP contribution in [0.1, 0.15) is 26.7 Å². The van der Waals surface area contributed by atoms with E-state index in [0.29, 0.717) is 6.42 Å². The molecule has 78 valence electrons. The fourth-order valence-electron chi connectivity index (χ4n) is 0.926. The summed E-state index contributed by atoms with van der Waals surface area (Å²) in [6.07, 6.45) is -2.21. The first kappa shape index (κ1) is 12.3. The van der Waals surface area contributed by atoms with E-state index in [1.54, 1.807) is 13.8 Å². The summed E-state index contributed by atoms with van der Waals surface area (Å²) in [4.78, 5) is 10.6. The van der Waals surface area contributed by atoms with Crippen LogP contribution in [-0.4, -0.2) is 29.6 Å². The number of carbonyl (C=O) groups excluding carboxylic acids is 1. The molecule has 0 radical (unpaired) electrons. The van der Waals surface area contributed by atoms with Crippen LogP contribution in [0.2, 0.25) is 0 Å². The van der Waals surface area contributed by atoms with E-state index in [9.17, 15) is 13.6 Å². The van der Waals surface area contributed by atoms with Gasteiger partial charge in [-0.05, 0) is 19.8 Å². The normalized spacial score (nSPS) is 15.5. The van der Waals surface area contributed by atoms with Crippen molar-refractivity contribution in [2.75, 3.05) is 6.61 Å². The fourth-order valence-corrected chi connectivity index (χ4v) is 0.926. The molecule has 0 spiro atoms. The highest BCUT2D eigenvalue weighted by molar-refractivity contribution is 5.79. The number of halogens is 2. The van der Waals surface area contributed by atoms with Gasteiger partial charge in [0.25, 0.3) is 5.91 Å². The third-order valence-corrected chi connectivity index (χ3v) is 2.07. The molecule has 0 aliphatic rings. The van der Waals surface area contributed by atoms with Gasteiger partial charge in [-0.15, -0.1) is 0 Å². The highest BCUT2D eigenvalue weighted by atomic mass is 19.3. The summed E-state index contributed by atoms with van der Waals surface area (Å²) in [7, 11) is 0. The number of rotatable bonds is 5. The molecule has 5 heteroatoms. The number of hydrogen-bond acceptors (Lipinski definition) is 2. The Balaban J connectivity index is 4.18. The van der Waals surface area contributed by atoms with E-state index in [-0.39, 0.29) is 13.0 Å². The minimum atomic E-state index is -3.00. The van der Waals surface area contributed by atoms with Crippen LogP contribution in [0.25, 0.3) is 0 Å². The molecule has 0 aromatic carbocycles. The molecule has 1 unspecified atom stereocenters. The predicted molar refractivity (Wildman–Crippen MR) is 44.5 cm³/mol. The van der Waals surface area contributed by atoms with Crippen molar-refractivity contribution in [1.82, 2.24) is 5.32 Å². The maximum Gasteiger partial charge on any atom is 0.315 e. The van der Waals surface area contributed by atoms with E-state index < -0.39 is 17.9 Å². The minimum Gasteiger partial charge on any atom is -0.396 e. The van der Waals surface area contributed by atoms with Crippen molar-refractivity contribution in [3.05, 3.63) is 0 Å². The van der Waals surface area contributed by atoms with Crippen LogP contribution >= 0.6 is 0 Å². The molecule has 3 nitrogen and oxygen atoms in total. The first-order chi connectivity index (χ1) is 5.95. The molecule has 2 N–H and O–H groups in total. The number of amides is 1. The van der Waals surface area contributed by atoms with Gasteiger partial charge in [-0.25, -0.2) is 0 Å². The lowest BCUT2D eigenvalue weighted by atomic mass is 9.95. The van der Waals surface area contributed by atoms with Crippen LogP contribution in [0.4, 0.5) is 8.78 Å². The third kappa shape index (κ3) is 4.17. The Bertz CT molecular complexity index is 176. The lowest BCUT2D eigenvalue weighted by Gasteiger charge is -2.28. The number of aliphatic hydroxyl groups excluding tert-OH is 1. The Kier molecular flexibility index (Phi) is 4.83. The third-order valence-electron chi connectivity index (χ3n) is 2.07. The highest BCUT2D eigenvalue weighted by Crippen LogP contribution is 2.14. The predicted octanol–water partition coefficient (Wildman–Crippen LogP) is 0.919.